The summed E-state index contributed by atoms with van der Waals surface area (Å²) in [5.41, 5.74) is 3.10. The van der Waals surface area contributed by atoms with Crippen molar-refractivity contribution in [2.75, 3.05) is 130 Å². The number of nitrogens with zero attached hydrogens (tertiary/aromatic N) is 2. The van der Waals surface area contributed by atoms with Gasteiger partial charge in [-0.05, 0) is 109 Å². The predicted molar refractivity (Wildman–Crippen MR) is 301 cm³/mol. The molecule has 6 rings (SSSR count). The molecule has 0 aromatic heterocycles. The van der Waals surface area contributed by atoms with Gasteiger partial charge in [0.25, 0.3) is 20.2 Å². The molecule has 4 aromatic carbocycles. The number of allylic oxidation sites excluding steroid dienone is 6. The minimum Gasteiger partial charge on any atom is -0.744 e. The number of ether oxygens (including phenoxy) is 8. The second-order valence-corrected chi connectivity index (χ2v) is 24.4. The zero-order chi connectivity index (χ0) is 56.6. The third-order valence-corrected chi connectivity index (χ3v) is 16.9. The van der Waals surface area contributed by atoms with Crippen molar-refractivity contribution in [2.45, 2.75) is 67.1 Å². The number of benzene rings is 4. The highest BCUT2D eigenvalue weighted by Gasteiger charge is 2.49. The lowest BCUT2D eigenvalue weighted by molar-refractivity contribution is -0.437. The highest BCUT2D eigenvalue weighted by molar-refractivity contribution is 9.11. The Kier molecular flexibility index (Phi) is 23.6. The van der Waals surface area contributed by atoms with E-state index in [4.69, 9.17) is 37.9 Å². The van der Waals surface area contributed by atoms with Crippen LogP contribution in [-0.4, -0.2) is 175 Å². The van der Waals surface area contributed by atoms with Gasteiger partial charge < -0.3 is 47.3 Å². The molecule has 2 heterocycles. The van der Waals surface area contributed by atoms with Gasteiger partial charge in [0.1, 0.15) is 16.7 Å². The van der Waals surface area contributed by atoms with Gasteiger partial charge in [-0.25, -0.2) is 8.42 Å². The van der Waals surface area contributed by atoms with Gasteiger partial charge in [0, 0.05) is 79.4 Å². The number of hydrogen-bond donors (Lipinski definition) is 2. The zero-order valence-corrected chi connectivity index (χ0v) is 49.0. The number of halogens is 1. The molecule has 2 aliphatic rings. The van der Waals surface area contributed by atoms with E-state index in [1.54, 1.807) is 38.5 Å². The van der Waals surface area contributed by atoms with Crippen LogP contribution in [0.3, 0.4) is 0 Å². The Hall–Kier alpha value is -4.02. The first-order valence-corrected chi connectivity index (χ1v) is 31.1. The first-order chi connectivity index (χ1) is 37.2. The summed E-state index contributed by atoms with van der Waals surface area (Å²) in [6.07, 6.45) is 9.38. The third-order valence-electron chi connectivity index (χ3n) is 13.8. The van der Waals surface area contributed by atoms with Crippen LogP contribution in [0.5, 0.6) is 0 Å². The van der Waals surface area contributed by atoms with E-state index in [-0.39, 0.29) is 41.4 Å². The molecule has 430 valence electrons. The highest BCUT2D eigenvalue weighted by Crippen LogP contribution is 2.54. The molecule has 2 unspecified atom stereocenters. The van der Waals surface area contributed by atoms with Gasteiger partial charge in [-0.1, -0.05) is 47.1 Å². The quantitative estimate of drug-likeness (QED) is 0.0193. The fraction of sp³-hybridized carbons (Fsp3) is 0.509. The SMILES string of the molecule is CCC[N+]1=C(/C=C/C(Br)=C/C=C2/N(CCCS(=O)(=O)O)c3ccc4c(S(=O)(=O)[O-])cccc4c3C2(C)CCOCCOCCOCCOC)C(C)(CCOCCOCCOCCOC)c2c1ccc1ccc(S(=O)(=O)O)cc21. The summed E-state index contributed by atoms with van der Waals surface area (Å²) in [5, 5.41) is 2.24. The maximum Gasteiger partial charge on any atom is 0.294 e. The molecule has 0 aliphatic carbocycles. The Balaban J connectivity index is 1.38. The lowest BCUT2D eigenvalue weighted by Gasteiger charge is -2.31. The summed E-state index contributed by atoms with van der Waals surface area (Å²) in [6, 6.07) is 16.5. The van der Waals surface area contributed by atoms with Gasteiger partial charge in [0.2, 0.25) is 5.69 Å². The molecule has 0 spiro atoms. The molecule has 0 saturated carbocycles. The fourth-order valence-corrected chi connectivity index (χ4v) is 12.1. The van der Waals surface area contributed by atoms with Crippen LogP contribution >= 0.6 is 15.9 Å². The predicted octanol–water partition coefficient (Wildman–Crippen LogP) is 7.86. The molecule has 2 N–H and O–H groups in total. The topological polar surface area (TPSA) is 246 Å². The van der Waals surface area contributed by atoms with Crippen molar-refractivity contribution in [3.05, 3.63) is 106 Å². The van der Waals surface area contributed by atoms with E-state index >= 15 is 0 Å². The van der Waals surface area contributed by atoms with Crippen molar-refractivity contribution in [2.24, 2.45) is 0 Å². The molecule has 0 saturated heterocycles. The molecule has 0 bridgehead atoms. The summed E-state index contributed by atoms with van der Waals surface area (Å²) in [7, 11) is -10.6. The van der Waals surface area contributed by atoms with Crippen LogP contribution in [0.2, 0.25) is 0 Å². The van der Waals surface area contributed by atoms with E-state index < -0.39 is 46.9 Å². The normalized spacial score (nSPS) is 18.7. The van der Waals surface area contributed by atoms with Crippen LogP contribution in [0.1, 0.15) is 57.6 Å². The van der Waals surface area contributed by atoms with E-state index in [1.807, 2.05) is 48.3 Å². The largest absolute Gasteiger partial charge is 0.744 e. The van der Waals surface area contributed by atoms with Crippen molar-refractivity contribution in [3.63, 3.8) is 0 Å². The van der Waals surface area contributed by atoms with Gasteiger partial charge in [-0.3, -0.25) is 9.11 Å². The second kappa shape index (κ2) is 29.1. The maximum absolute atomic E-state index is 12.6. The molecule has 19 nitrogen and oxygen atoms in total. The molecule has 0 amide bonds. The Bertz CT molecular complexity index is 3170. The van der Waals surface area contributed by atoms with Crippen LogP contribution in [0.4, 0.5) is 11.4 Å². The third kappa shape index (κ3) is 16.3. The maximum atomic E-state index is 12.6. The highest BCUT2D eigenvalue weighted by atomic mass is 79.9. The number of rotatable bonds is 35. The van der Waals surface area contributed by atoms with Crippen molar-refractivity contribution in [3.8, 4) is 0 Å². The molecule has 0 fully saturated rings. The monoisotopic (exact) mass is 1210 g/mol. The van der Waals surface area contributed by atoms with E-state index in [9.17, 15) is 38.9 Å². The van der Waals surface area contributed by atoms with Crippen LogP contribution in [0.15, 0.2) is 105 Å². The number of fused-ring (bicyclic) bond motifs is 6. The van der Waals surface area contributed by atoms with Crippen molar-refractivity contribution < 1.29 is 81.4 Å². The Labute approximate surface area is 467 Å². The number of anilines is 1. The van der Waals surface area contributed by atoms with Crippen LogP contribution in [0, 0.1) is 0 Å². The minimum atomic E-state index is -4.89. The van der Waals surface area contributed by atoms with Gasteiger partial charge in [-0.2, -0.15) is 21.4 Å². The van der Waals surface area contributed by atoms with Crippen LogP contribution in [0.25, 0.3) is 21.5 Å². The molecule has 2 atom stereocenters. The number of methoxy groups -OCH3 is 2. The Morgan fingerprint density at radius 2 is 1.26 bits per heavy atom. The zero-order valence-electron chi connectivity index (χ0n) is 44.9. The molecule has 4 aromatic rings. The van der Waals surface area contributed by atoms with Gasteiger partial charge in [0.05, 0.1) is 100 Å². The van der Waals surface area contributed by atoms with E-state index in [0.717, 1.165) is 28.8 Å². The Morgan fingerprint density at radius 3 is 1.81 bits per heavy atom. The summed E-state index contributed by atoms with van der Waals surface area (Å²) >= 11 is 3.82. The van der Waals surface area contributed by atoms with Gasteiger partial charge >= 0.3 is 0 Å². The van der Waals surface area contributed by atoms with Crippen molar-refractivity contribution >= 4 is 84.9 Å². The lowest BCUT2D eigenvalue weighted by atomic mass is 9.75. The summed E-state index contributed by atoms with van der Waals surface area (Å²) < 4.78 is 155. The van der Waals surface area contributed by atoms with Gasteiger partial charge in [-0.15, -0.1) is 0 Å². The fourth-order valence-electron chi connectivity index (χ4n) is 10.2. The van der Waals surface area contributed by atoms with Crippen molar-refractivity contribution in [1.29, 1.82) is 0 Å². The van der Waals surface area contributed by atoms with E-state index in [1.165, 1.54) is 24.3 Å². The smallest absolute Gasteiger partial charge is 0.294 e. The standard InChI is InChI=1S/C55H73BrN2O17S3/c1-6-23-57-47-17-12-41-11-15-43(77(62,63)64)40-46(41)53(47)55(3,22-26-71-32-34-75-38-36-73-30-28-69-5)50(57)19-13-42(56)14-20-51-54(2,21-25-70-31-33-74-37-35-72-29-27-68-4)52-45-9-7-10-49(78(65,66)67)44(45)16-18-48(52)58(51)24-8-39-76(59,60)61/h7,9-20,40H,6,8,21-39H2,1-5H3,(H2-,59,60,61,62,63,64,65,66,67). The lowest BCUT2D eigenvalue weighted by Crippen LogP contribution is -2.33. The first-order valence-electron chi connectivity index (χ1n) is 25.8. The number of hydrogen-bond acceptors (Lipinski definition) is 16. The molecule has 2 aliphatic heterocycles. The Morgan fingerprint density at radius 1 is 0.692 bits per heavy atom. The molecule has 0 radical (unpaired) electrons. The molecule has 78 heavy (non-hydrogen) atoms. The summed E-state index contributed by atoms with van der Waals surface area (Å²) in [5.74, 6) is -0.512. The van der Waals surface area contributed by atoms with Gasteiger partial charge in [0.15, 0.2) is 5.71 Å². The molecular weight excluding hydrogens is 1140 g/mol. The average Bonchev–Trinajstić information content (AvgIpc) is 3.95. The minimum absolute atomic E-state index is 0.0403. The molecular formula is C55H73BrN2O17S3. The molecule has 23 heteroatoms. The summed E-state index contributed by atoms with van der Waals surface area (Å²) in [4.78, 5) is 1.37. The first kappa shape index (κ1) is 63.2. The van der Waals surface area contributed by atoms with Crippen molar-refractivity contribution in [1.82, 2.24) is 0 Å². The van der Waals surface area contributed by atoms with E-state index in [0.29, 0.717) is 131 Å². The van der Waals surface area contributed by atoms with Crippen LogP contribution < -0.4 is 4.90 Å². The van der Waals surface area contributed by atoms with E-state index in [2.05, 4.69) is 34.4 Å². The summed E-state index contributed by atoms with van der Waals surface area (Å²) in [6.45, 7) is 12.2. The average molecular weight is 1210 g/mol. The second-order valence-electron chi connectivity index (χ2n) is 19.2. The van der Waals surface area contributed by atoms with Crippen LogP contribution in [-0.2, 0) is 79.1 Å².